The normalized spacial score (nSPS) is 16.2. The molecule has 1 N–H and O–H groups in total. The lowest BCUT2D eigenvalue weighted by Gasteiger charge is -2.27. The lowest BCUT2D eigenvalue weighted by Crippen LogP contribution is -2.36. The summed E-state index contributed by atoms with van der Waals surface area (Å²) in [5.41, 5.74) is 5.09. The summed E-state index contributed by atoms with van der Waals surface area (Å²) in [5.74, 6) is -0.389. The van der Waals surface area contributed by atoms with Crippen LogP contribution in [0.1, 0.15) is 31.4 Å². The summed E-state index contributed by atoms with van der Waals surface area (Å²) in [4.78, 5) is 2.16. The number of aliphatic hydroxyl groups is 1. The molecule has 0 atom stereocenters. The van der Waals surface area contributed by atoms with E-state index < -0.39 is 10.1 Å². The molecular weight excluding hydrogens is 496 g/mol. The van der Waals surface area contributed by atoms with Crippen LogP contribution in [-0.2, 0) is 22.1 Å². The number of aromatic nitrogens is 1. The van der Waals surface area contributed by atoms with E-state index in [0.29, 0.717) is 13.1 Å². The summed E-state index contributed by atoms with van der Waals surface area (Å²) < 4.78 is 36.0. The van der Waals surface area contributed by atoms with Gasteiger partial charge in [-0.1, -0.05) is 68.5 Å². The number of benzene rings is 3. The number of aliphatic hydroxyl groups excluding tert-OH is 1. The molecule has 1 aliphatic heterocycles. The minimum Gasteiger partial charge on any atom is -0.748 e. The van der Waals surface area contributed by atoms with Crippen molar-refractivity contribution in [2.45, 2.75) is 32.2 Å². The van der Waals surface area contributed by atoms with Gasteiger partial charge in [0.1, 0.15) is 6.61 Å². The van der Waals surface area contributed by atoms with Gasteiger partial charge in [-0.25, -0.2) is 8.42 Å². The SMILES string of the molecule is CC1(C)C(=CC=Cc2cc[n+](CCO)c3ccccc23)N(CCCS(=O)(=O)[O-])c2ccc3ccccc3c21. The molecule has 0 saturated heterocycles. The topological polar surface area (TPSA) is 84.5 Å². The Kier molecular flexibility index (Phi) is 7.09. The van der Waals surface area contributed by atoms with E-state index in [1.807, 2.05) is 47.2 Å². The lowest BCUT2D eigenvalue weighted by molar-refractivity contribution is -0.672. The van der Waals surface area contributed by atoms with Crippen LogP contribution in [0.15, 0.2) is 90.8 Å². The van der Waals surface area contributed by atoms with Gasteiger partial charge in [0.25, 0.3) is 0 Å². The number of allylic oxidation sites excluding steroid dienone is 3. The minimum absolute atomic E-state index is 0.0732. The summed E-state index contributed by atoms with van der Waals surface area (Å²) in [6.07, 6.45) is 8.46. The predicted octanol–water partition coefficient (Wildman–Crippen LogP) is 4.90. The Labute approximate surface area is 223 Å². The third-order valence-corrected chi connectivity index (χ3v) is 8.15. The maximum absolute atomic E-state index is 11.3. The van der Waals surface area contributed by atoms with E-state index in [2.05, 4.69) is 67.3 Å². The molecule has 38 heavy (non-hydrogen) atoms. The first-order valence-electron chi connectivity index (χ1n) is 12.8. The summed E-state index contributed by atoms with van der Waals surface area (Å²) >= 11 is 0. The van der Waals surface area contributed by atoms with Crippen LogP contribution < -0.4 is 9.47 Å². The molecule has 4 aromatic rings. The Morgan fingerprint density at radius 3 is 2.50 bits per heavy atom. The highest BCUT2D eigenvalue weighted by molar-refractivity contribution is 7.85. The number of pyridine rings is 1. The fourth-order valence-corrected chi connectivity index (χ4v) is 6.16. The fourth-order valence-electron chi connectivity index (χ4n) is 5.68. The van der Waals surface area contributed by atoms with Gasteiger partial charge in [-0.3, -0.25) is 0 Å². The van der Waals surface area contributed by atoms with Crippen LogP contribution in [0.4, 0.5) is 5.69 Å². The molecule has 3 aromatic carbocycles. The van der Waals surface area contributed by atoms with E-state index >= 15 is 0 Å². The molecule has 2 heterocycles. The molecule has 6 nitrogen and oxygen atoms in total. The molecule has 0 spiro atoms. The van der Waals surface area contributed by atoms with E-state index in [4.69, 9.17) is 0 Å². The summed E-state index contributed by atoms with van der Waals surface area (Å²) in [6, 6.07) is 22.7. The Balaban J connectivity index is 1.57. The lowest BCUT2D eigenvalue weighted by atomic mass is 9.81. The molecule has 0 bridgehead atoms. The van der Waals surface area contributed by atoms with E-state index in [0.717, 1.165) is 33.2 Å². The number of hydrogen-bond acceptors (Lipinski definition) is 5. The Hall–Kier alpha value is -3.52. The molecule has 0 amide bonds. The number of fused-ring (bicyclic) bond motifs is 4. The van der Waals surface area contributed by atoms with Gasteiger partial charge in [0.15, 0.2) is 12.7 Å². The van der Waals surface area contributed by atoms with Gasteiger partial charge in [0.05, 0.1) is 15.5 Å². The third kappa shape index (κ3) is 4.97. The second-order valence-electron chi connectivity index (χ2n) is 10.2. The average Bonchev–Trinajstić information content (AvgIpc) is 3.10. The van der Waals surface area contributed by atoms with Crippen molar-refractivity contribution in [3.8, 4) is 0 Å². The summed E-state index contributed by atoms with van der Waals surface area (Å²) in [7, 11) is -4.28. The molecule has 5 rings (SSSR count). The highest BCUT2D eigenvalue weighted by Crippen LogP contribution is 2.50. The van der Waals surface area contributed by atoms with E-state index in [9.17, 15) is 18.1 Å². The van der Waals surface area contributed by atoms with Crippen molar-refractivity contribution in [2.24, 2.45) is 0 Å². The van der Waals surface area contributed by atoms with Crippen LogP contribution in [0.3, 0.4) is 0 Å². The Morgan fingerprint density at radius 2 is 1.74 bits per heavy atom. The average molecular weight is 529 g/mol. The number of rotatable bonds is 8. The Bertz CT molecular complexity index is 1670. The zero-order chi connectivity index (χ0) is 26.9. The van der Waals surface area contributed by atoms with Crippen LogP contribution in [-0.4, -0.2) is 37.0 Å². The maximum atomic E-state index is 11.3. The molecule has 0 unspecified atom stereocenters. The predicted molar refractivity (Wildman–Crippen MR) is 152 cm³/mol. The van der Waals surface area contributed by atoms with Gasteiger partial charge in [0.2, 0.25) is 5.52 Å². The molecule has 0 radical (unpaired) electrons. The summed E-state index contributed by atoms with van der Waals surface area (Å²) in [5, 5.41) is 12.9. The van der Waals surface area contributed by atoms with Crippen molar-refractivity contribution in [3.05, 3.63) is 102 Å². The van der Waals surface area contributed by atoms with Crippen molar-refractivity contribution in [1.29, 1.82) is 0 Å². The van der Waals surface area contributed by atoms with E-state index in [1.54, 1.807) is 0 Å². The fraction of sp³-hybridized carbons (Fsp3) is 0.258. The quantitative estimate of drug-likeness (QED) is 0.260. The summed E-state index contributed by atoms with van der Waals surface area (Å²) in [6.45, 7) is 5.42. The van der Waals surface area contributed by atoms with Gasteiger partial charge in [0, 0.05) is 41.2 Å². The van der Waals surface area contributed by atoms with Crippen LogP contribution in [0.5, 0.6) is 0 Å². The van der Waals surface area contributed by atoms with Gasteiger partial charge < -0.3 is 14.6 Å². The van der Waals surface area contributed by atoms with Crippen molar-refractivity contribution in [1.82, 2.24) is 0 Å². The molecule has 0 aliphatic carbocycles. The molecule has 7 heteroatoms. The minimum atomic E-state index is -4.28. The second kappa shape index (κ2) is 10.3. The van der Waals surface area contributed by atoms with Crippen LogP contribution in [0.25, 0.3) is 27.8 Å². The van der Waals surface area contributed by atoms with Crippen LogP contribution in [0.2, 0.25) is 0 Å². The molecule has 0 saturated carbocycles. The molecule has 196 valence electrons. The van der Waals surface area contributed by atoms with Crippen molar-refractivity contribution in [2.75, 3.05) is 23.8 Å². The monoisotopic (exact) mass is 528 g/mol. The number of para-hydroxylation sites is 1. The van der Waals surface area contributed by atoms with Crippen LogP contribution >= 0.6 is 0 Å². The van der Waals surface area contributed by atoms with Crippen LogP contribution in [0, 0.1) is 0 Å². The van der Waals surface area contributed by atoms with E-state index in [1.165, 1.54) is 10.9 Å². The largest absolute Gasteiger partial charge is 0.748 e. The first-order chi connectivity index (χ1) is 18.2. The maximum Gasteiger partial charge on any atom is 0.213 e. The Morgan fingerprint density at radius 1 is 1.00 bits per heavy atom. The smallest absolute Gasteiger partial charge is 0.213 e. The first kappa shape index (κ1) is 26.1. The highest BCUT2D eigenvalue weighted by atomic mass is 32.2. The highest BCUT2D eigenvalue weighted by Gasteiger charge is 2.40. The zero-order valence-electron chi connectivity index (χ0n) is 21.7. The zero-order valence-corrected chi connectivity index (χ0v) is 22.5. The van der Waals surface area contributed by atoms with Crippen molar-refractivity contribution in [3.63, 3.8) is 0 Å². The molecule has 1 aromatic heterocycles. The van der Waals surface area contributed by atoms with Gasteiger partial charge in [-0.2, -0.15) is 4.57 Å². The first-order valence-corrected chi connectivity index (χ1v) is 14.4. The second-order valence-corrected chi connectivity index (χ2v) is 11.7. The number of anilines is 1. The molecular formula is C31H32N2O4S. The van der Waals surface area contributed by atoms with E-state index in [-0.39, 0.29) is 24.2 Å². The molecule has 1 aliphatic rings. The van der Waals surface area contributed by atoms with Gasteiger partial charge in [-0.05, 0) is 46.5 Å². The number of hydrogen-bond donors (Lipinski definition) is 1. The van der Waals surface area contributed by atoms with Gasteiger partial charge >= 0.3 is 0 Å². The number of nitrogens with zero attached hydrogens (tertiary/aromatic N) is 2. The van der Waals surface area contributed by atoms with Crippen molar-refractivity contribution >= 4 is 43.6 Å². The van der Waals surface area contributed by atoms with Crippen molar-refractivity contribution < 1.29 is 22.6 Å². The standard InChI is InChI=1S/C31H32N2O4S/c1-31(2)29(14-7-10-24-17-19-32(20-21-34)27-13-6-5-11-25(24)27)33(18-8-22-38(35,36)37)28-16-15-23-9-3-4-12-26(23)30(28)31/h3-7,9-17,19,34H,8,18,20-22H2,1-2H3. The third-order valence-electron chi connectivity index (χ3n) is 7.36. The molecule has 0 fully saturated rings. The van der Waals surface area contributed by atoms with Gasteiger partial charge in [-0.15, -0.1) is 0 Å².